The highest BCUT2D eigenvalue weighted by atomic mass is 35.5. The summed E-state index contributed by atoms with van der Waals surface area (Å²) < 4.78 is 52.8. The SMILES string of the molecule is O=C(O)C1(c2ccc(Cl)cc2)CC(F)(F)C1(F)F. The third-order valence-corrected chi connectivity index (χ3v) is 3.44. The first-order chi connectivity index (χ1) is 8.15. The fourth-order valence-corrected chi connectivity index (χ4v) is 2.24. The molecule has 0 saturated heterocycles. The third kappa shape index (κ3) is 1.38. The summed E-state index contributed by atoms with van der Waals surface area (Å²) in [4.78, 5) is 11.0. The van der Waals surface area contributed by atoms with E-state index >= 15 is 0 Å². The molecule has 1 atom stereocenters. The lowest BCUT2D eigenvalue weighted by molar-refractivity contribution is -0.322. The molecule has 1 aliphatic rings. The molecule has 0 aliphatic heterocycles. The Labute approximate surface area is 104 Å². The molecule has 1 aromatic rings. The van der Waals surface area contributed by atoms with Crippen LogP contribution in [0.3, 0.4) is 0 Å². The first-order valence-corrected chi connectivity index (χ1v) is 5.28. The number of alkyl halides is 4. The van der Waals surface area contributed by atoms with E-state index in [-0.39, 0.29) is 10.6 Å². The molecule has 0 aromatic heterocycles. The van der Waals surface area contributed by atoms with Crippen molar-refractivity contribution in [3.05, 3.63) is 34.9 Å². The summed E-state index contributed by atoms with van der Waals surface area (Å²) in [5.74, 6) is -10.9. The maximum atomic E-state index is 13.5. The van der Waals surface area contributed by atoms with E-state index in [1.165, 1.54) is 12.1 Å². The van der Waals surface area contributed by atoms with Crippen LogP contribution in [0.5, 0.6) is 0 Å². The number of halogens is 5. The molecule has 1 unspecified atom stereocenters. The third-order valence-electron chi connectivity index (χ3n) is 3.18. The second-order valence-electron chi connectivity index (χ2n) is 4.17. The molecule has 2 nitrogen and oxygen atoms in total. The van der Waals surface area contributed by atoms with E-state index in [1.54, 1.807) is 0 Å². The van der Waals surface area contributed by atoms with Crippen molar-refractivity contribution in [1.82, 2.24) is 0 Å². The molecule has 2 rings (SSSR count). The minimum atomic E-state index is -4.63. The van der Waals surface area contributed by atoms with Crippen molar-refractivity contribution in [1.29, 1.82) is 0 Å². The summed E-state index contributed by atoms with van der Waals surface area (Å²) in [6.45, 7) is 0. The maximum absolute atomic E-state index is 13.5. The zero-order valence-corrected chi connectivity index (χ0v) is 9.52. The molecule has 1 saturated carbocycles. The number of aliphatic carboxylic acids is 1. The fraction of sp³-hybridized carbons (Fsp3) is 0.364. The lowest BCUT2D eigenvalue weighted by Crippen LogP contribution is -2.72. The monoisotopic (exact) mass is 282 g/mol. The van der Waals surface area contributed by atoms with Gasteiger partial charge >= 0.3 is 17.8 Å². The van der Waals surface area contributed by atoms with Gasteiger partial charge in [0, 0.05) is 11.4 Å². The van der Waals surface area contributed by atoms with E-state index in [9.17, 15) is 22.4 Å². The van der Waals surface area contributed by atoms with Gasteiger partial charge in [-0.25, -0.2) is 0 Å². The van der Waals surface area contributed by atoms with Crippen molar-refractivity contribution in [2.24, 2.45) is 0 Å². The summed E-state index contributed by atoms with van der Waals surface area (Å²) in [6, 6.07) is 4.43. The summed E-state index contributed by atoms with van der Waals surface area (Å²) in [5, 5.41) is 9.13. The van der Waals surface area contributed by atoms with Gasteiger partial charge in [0.15, 0.2) is 5.41 Å². The number of carbonyl (C=O) groups is 1. The number of rotatable bonds is 2. The largest absolute Gasteiger partial charge is 0.480 e. The van der Waals surface area contributed by atoms with Crippen LogP contribution in [0, 0.1) is 0 Å². The van der Waals surface area contributed by atoms with Crippen LogP contribution < -0.4 is 0 Å². The van der Waals surface area contributed by atoms with Gasteiger partial charge in [0.05, 0.1) is 0 Å². The summed E-state index contributed by atoms with van der Waals surface area (Å²) in [5.41, 5.74) is -3.27. The van der Waals surface area contributed by atoms with Gasteiger partial charge in [0.1, 0.15) is 0 Å². The van der Waals surface area contributed by atoms with E-state index in [2.05, 4.69) is 0 Å². The lowest BCUT2D eigenvalue weighted by Gasteiger charge is -2.51. The Hall–Kier alpha value is -1.30. The van der Waals surface area contributed by atoms with Gasteiger partial charge in [0.25, 0.3) is 0 Å². The number of hydrogen-bond donors (Lipinski definition) is 1. The Kier molecular flexibility index (Phi) is 2.63. The van der Waals surface area contributed by atoms with Crippen LogP contribution in [-0.4, -0.2) is 22.9 Å². The molecule has 0 bridgehead atoms. The van der Waals surface area contributed by atoms with Crippen LogP contribution >= 0.6 is 11.6 Å². The van der Waals surface area contributed by atoms with E-state index < -0.39 is 29.7 Å². The molecule has 1 aliphatic carbocycles. The van der Waals surface area contributed by atoms with Crippen LogP contribution in [0.1, 0.15) is 12.0 Å². The molecule has 1 aromatic carbocycles. The zero-order chi connectivity index (χ0) is 13.8. The van der Waals surface area contributed by atoms with Crippen molar-refractivity contribution in [3.63, 3.8) is 0 Å². The molecular formula is C11H7ClF4O2. The Morgan fingerprint density at radius 2 is 1.67 bits per heavy atom. The first kappa shape index (κ1) is 13.1. The van der Waals surface area contributed by atoms with E-state index in [0.717, 1.165) is 12.1 Å². The number of carboxylic acid groups (broad SMARTS) is 1. The van der Waals surface area contributed by atoms with Crippen LogP contribution in [0.2, 0.25) is 5.02 Å². The first-order valence-electron chi connectivity index (χ1n) is 4.90. The molecule has 1 fully saturated rings. The van der Waals surface area contributed by atoms with Crippen molar-refractivity contribution in [3.8, 4) is 0 Å². The summed E-state index contributed by atoms with van der Waals surface area (Å²) in [7, 11) is 0. The normalized spacial score (nSPS) is 28.5. The maximum Gasteiger partial charge on any atom is 0.330 e. The van der Waals surface area contributed by atoms with Crippen molar-refractivity contribution < 1.29 is 27.5 Å². The topological polar surface area (TPSA) is 37.3 Å². The highest BCUT2D eigenvalue weighted by molar-refractivity contribution is 6.30. The van der Waals surface area contributed by atoms with Crippen molar-refractivity contribution in [2.75, 3.05) is 0 Å². The molecule has 7 heteroatoms. The average Bonchev–Trinajstić information content (AvgIpc) is 2.26. The number of benzene rings is 1. The molecule has 0 heterocycles. The molecule has 0 spiro atoms. The van der Waals surface area contributed by atoms with Gasteiger partial charge in [-0.15, -0.1) is 0 Å². The van der Waals surface area contributed by atoms with Crippen LogP contribution in [0.25, 0.3) is 0 Å². The molecule has 1 N–H and O–H groups in total. The minimum Gasteiger partial charge on any atom is -0.480 e. The lowest BCUT2D eigenvalue weighted by atomic mass is 9.58. The quantitative estimate of drug-likeness (QED) is 0.845. The van der Waals surface area contributed by atoms with Crippen LogP contribution in [-0.2, 0) is 10.2 Å². The molecule has 0 amide bonds. The summed E-state index contributed by atoms with van der Waals surface area (Å²) in [6.07, 6.45) is -1.43. The Bertz CT molecular complexity index is 500. The number of hydrogen-bond acceptors (Lipinski definition) is 1. The van der Waals surface area contributed by atoms with Gasteiger partial charge < -0.3 is 5.11 Å². The predicted molar refractivity (Wildman–Crippen MR) is 55.3 cm³/mol. The standard InChI is InChI=1S/C11H7ClF4O2/c12-7-3-1-6(2-4-7)9(8(17)18)5-10(13,14)11(9,15)16/h1-4H,5H2,(H,17,18). The van der Waals surface area contributed by atoms with Crippen molar-refractivity contribution in [2.45, 2.75) is 23.7 Å². The highest BCUT2D eigenvalue weighted by Gasteiger charge is 2.84. The predicted octanol–water partition coefficient (Wildman–Crippen LogP) is 3.34. The minimum absolute atomic E-state index is 0.202. The Balaban J connectivity index is 2.55. The number of carboxylic acids is 1. The van der Waals surface area contributed by atoms with Crippen LogP contribution in [0.4, 0.5) is 17.6 Å². The van der Waals surface area contributed by atoms with Crippen LogP contribution in [0.15, 0.2) is 24.3 Å². The van der Waals surface area contributed by atoms with E-state index in [4.69, 9.17) is 16.7 Å². The highest BCUT2D eigenvalue weighted by Crippen LogP contribution is 2.64. The van der Waals surface area contributed by atoms with E-state index in [1.807, 2.05) is 0 Å². The van der Waals surface area contributed by atoms with Crippen molar-refractivity contribution >= 4 is 17.6 Å². The van der Waals surface area contributed by atoms with Gasteiger partial charge in [-0.2, -0.15) is 17.6 Å². The molecule has 0 radical (unpaired) electrons. The second-order valence-corrected chi connectivity index (χ2v) is 4.61. The summed E-state index contributed by atoms with van der Waals surface area (Å²) >= 11 is 5.55. The van der Waals surface area contributed by atoms with Gasteiger partial charge in [-0.3, -0.25) is 4.79 Å². The average molecular weight is 283 g/mol. The Morgan fingerprint density at radius 1 is 1.17 bits per heavy atom. The van der Waals surface area contributed by atoms with E-state index in [0.29, 0.717) is 0 Å². The zero-order valence-electron chi connectivity index (χ0n) is 8.76. The van der Waals surface area contributed by atoms with Gasteiger partial charge in [-0.05, 0) is 17.7 Å². The smallest absolute Gasteiger partial charge is 0.330 e. The molecule has 98 valence electrons. The van der Waals surface area contributed by atoms with Gasteiger partial charge in [0.2, 0.25) is 0 Å². The molecule has 18 heavy (non-hydrogen) atoms. The fourth-order valence-electron chi connectivity index (χ4n) is 2.11. The second kappa shape index (κ2) is 3.60. The molecular weight excluding hydrogens is 276 g/mol. The van der Waals surface area contributed by atoms with Gasteiger partial charge in [-0.1, -0.05) is 23.7 Å². The Morgan fingerprint density at radius 3 is 2.00 bits per heavy atom.